The lowest BCUT2D eigenvalue weighted by Crippen LogP contribution is -2.44. The molecule has 1 spiro atoms. The van der Waals surface area contributed by atoms with Gasteiger partial charge in [0, 0.05) is 15.6 Å². The van der Waals surface area contributed by atoms with Gasteiger partial charge in [0.2, 0.25) is 0 Å². The molecule has 2 nitrogen and oxygen atoms in total. The van der Waals surface area contributed by atoms with Crippen molar-refractivity contribution in [3.63, 3.8) is 0 Å². The van der Waals surface area contributed by atoms with Crippen LogP contribution in [0, 0.1) is 5.41 Å². The quantitative estimate of drug-likeness (QED) is 0.716. The highest BCUT2D eigenvalue weighted by molar-refractivity contribution is 9.10. The summed E-state index contributed by atoms with van der Waals surface area (Å²) < 4.78 is 1.12. The number of nitrogens with zero attached hydrogens (tertiary/aromatic N) is 1. The van der Waals surface area contributed by atoms with Gasteiger partial charge in [0.15, 0.2) is 0 Å². The van der Waals surface area contributed by atoms with Crippen molar-refractivity contribution in [2.75, 3.05) is 16.8 Å². The van der Waals surface area contributed by atoms with Crippen molar-refractivity contribution in [2.24, 2.45) is 10.4 Å². The molecule has 0 unspecified atom stereocenters. The number of hydrogen-bond acceptors (Lipinski definition) is 2. The molecular weight excluding hydrogens is 380 g/mol. The summed E-state index contributed by atoms with van der Waals surface area (Å²) in [7, 11) is 0. The van der Waals surface area contributed by atoms with Crippen LogP contribution in [0.5, 0.6) is 0 Å². The summed E-state index contributed by atoms with van der Waals surface area (Å²) in [5, 5.41) is 3.67. The second-order valence-electron chi connectivity index (χ2n) is 6.65. The van der Waals surface area contributed by atoms with Crippen LogP contribution >= 0.6 is 27.7 Å². The molecule has 4 heteroatoms. The first-order chi connectivity index (χ1) is 11.8. The minimum atomic E-state index is 0.200. The number of aliphatic imine (C=N–C) groups is 1. The molecule has 2 aliphatic rings. The second-order valence-corrected chi connectivity index (χ2v) is 8.79. The third kappa shape index (κ3) is 3.27. The fraction of sp³-hybridized carbons (Fsp3) is 0.350. The molecule has 2 heterocycles. The van der Waals surface area contributed by atoms with Crippen molar-refractivity contribution in [3.8, 4) is 0 Å². The van der Waals surface area contributed by atoms with Gasteiger partial charge in [-0.05, 0) is 60.1 Å². The van der Waals surface area contributed by atoms with Gasteiger partial charge in [-0.15, -0.1) is 0 Å². The molecule has 2 aromatic carbocycles. The van der Waals surface area contributed by atoms with Gasteiger partial charge in [-0.3, -0.25) is 4.99 Å². The fourth-order valence-electron chi connectivity index (χ4n) is 3.69. The first-order valence-electron chi connectivity index (χ1n) is 8.47. The molecule has 1 saturated heterocycles. The standard InChI is InChI=1S/C20H21BrN2S/c21-17-6-3-4-15(12-17)14-22-19-20(8-10-24-11-9-20)13-16-5-1-2-7-18(16)23-19/h1-7,12H,8-11,13-14H2,(H,22,23). The van der Waals surface area contributed by atoms with E-state index in [-0.39, 0.29) is 5.41 Å². The minimum Gasteiger partial charge on any atom is -0.343 e. The number of hydrogen-bond donors (Lipinski definition) is 1. The van der Waals surface area contributed by atoms with E-state index >= 15 is 0 Å². The van der Waals surface area contributed by atoms with Crippen LogP contribution in [0.2, 0.25) is 0 Å². The summed E-state index contributed by atoms with van der Waals surface area (Å²) in [6.45, 7) is 0.735. The molecule has 0 amide bonds. The Morgan fingerprint density at radius 1 is 1.08 bits per heavy atom. The molecular formula is C20H21BrN2S. The van der Waals surface area contributed by atoms with Crippen LogP contribution < -0.4 is 5.32 Å². The van der Waals surface area contributed by atoms with Gasteiger partial charge in [0.25, 0.3) is 0 Å². The highest BCUT2D eigenvalue weighted by atomic mass is 79.9. The van der Waals surface area contributed by atoms with E-state index in [2.05, 4.69) is 81.5 Å². The van der Waals surface area contributed by atoms with E-state index in [1.807, 2.05) is 0 Å². The van der Waals surface area contributed by atoms with E-state index in [1.54, 1.807) is 0 Å². The van der Waals surface area contributed by atoms with E-state index in [0.717, 1.165) is 17.4 Å². The minimum absolute atomic E-state index is 0.200. The summed E-state index contributed by atoms with van der Waals surface area (Å²) in [4.78, 5) is 5.05. The van der Waals surface area contributed by atoms with E-state index in [4.69, 9.17) is 4.99 Å². The number of benzene rings is 2. The van der Waals surface area contributed by atoms with Gasteiger partial charge >= 0.3 is 0 Å². The monoisotopic (exact) mass is 400 g/mol. The first-order valence-corrected chi connectivity index (χ1v) is 10.4. The lowest BCUT2D eigenvalue weighted by molar-refractivity contribution is 0.377. The molecule has 0 saturated carbocycles. The zero-order valence-corrected chi connectivity index (χ0v) is 16.0. The van der Waals surface area contributed by atoms with Gasteiger partial charge < -0.3 is 5.32 Å². The Morgan fingerprint density at radius 2 is 1.92 bits per heavy atom. The van der Waals surface area contributed by atoms with E-state index in [9.17, 15) is 0 Å². The summed E-state index contributed by atoms with van der Waals surface area (Å²) >= 11 is 5.63. The average Bonchev–Trinajstić information content (AvgIpc) is 2.61. The topological polar surface area (TPSA) is 24.4 Å². The van der Waals surface area contributed by atoms with Crippen LogP contribution in [-0.4, -0.2) is 17.3 Å². The average molecular weight is 401 g/mol. The van der Waals surface area contributed by atoms with Crippen molar-refractivity contribution in [1.29, 1.82) is 0 Å². The van der Waals surface area contributed by atoms with Crippen molar-refractivity contribution >= 4 is 39.2 Å². The lowest BCUT2D eigenvalue weighted by atomic mass is 9.73. The van der Waals surface area contributed by atoms with Crippen LogP contribution in [-0.2, 0) is 13.0 Å². The Balaban J connectivity index is 1.66. The molecule has 1 fully saturated rings. The Kier molecular flexibility index (Phi) is 4.68. The molecule has 0 aromatic heterocycles. The molecule has 24 heavy (non-hydrogen) atoms. The Hall–Kier alpha value is -1.26. The van der Waals surface area contributed by atoms with Gasteiger partial charge in [0.1, 0.15) is 5.84 Å². The highest BCUT2D eigenvalue weighted by Crippen LogP contribution is 2.44. The third-order valence-corrected chi connectivity index (χ3v) is 6.54. The third-order valence-electron chi connectivity index (χ3n) is 5.06. The molecule has 0 aliphatic carbocycles. The first kappa shape index (κ1) is 16.2. The van der Waals surface area contributed by atoms with E-state index in [0.29, 0.717) is 0 Å². The number of fused-ring (bicyclic) bond motifs is 1. The Bertz CT molecular complexity index is 766. The fourth-order valence-corrected chi connectivity index (χ4v) is 5.41. The maximum Gasteiger partial charge on any atom is 0.108 e. The molecule has 0 bridgehead atoms. The van der Waals surface area contributed by atoms with Crippen LogP contribution in [0.15, 0.2) is 58.0 Å². The number of amidine groups is 1. The predicted octanol–water partition coefficient (Wildman–Crippen LogP) is 5.53. The zero-order valence-electron chi connectivity index (χ0n) is 13.6. The molecule has 4 rings (SSSR count). The van der Waals surface area contributed by atoms with Gasteiger partial charge in [0.05, 0.1) is 6.54 Å². The van der Waals surface area contributed by atoms with Crippen molar-refractivity contribution in [3.05, 3.63) is 64.1 Å². The maximum absolute atomic E-state index is 5.05. The highest BCUT2D eigenvalue weighted by Gasteiger charge is 2.41. The van der Waals surface area contributed by atoms with E-state index < -0.39 is 0 Å². The van der Waals surface area contributed by atoms with Gasteiger partial charge in [-0.1, -0.05) is 46.3 Å². The number of thioether (sulfide) groups is 1. The number of para-hydroxylation sites is 1. The smallest absolute Gasteiger partial charge is 0.108 e. The van der Waals surface area contributed by atoms with Crippen LogP contribution in [0.25, 0.3) is 0 Å². The van der Waals surface area contributed by atoms with E-state index in [1.165, 1.54) is 47.0 Å². The Morgan fingerprint density at radius 3 is 2.75 bits per heavy atom. The van der Waals surface area contributed by atoms with Crippen LogP contribution in [0.4, 0.5) is 5.69 Å². The molecule has 2 aromatic rings. The van der Waals surface area contributed by atoms with Crippen LogP contribution in [0.3, 0.4) is 0 Å². The summed E-state index contributed by atoms with van der Waals surface area (Å²) in [5.74, 6) is 3.67. The largest absolute Gasteiger partial charge is 0.343 e. The lowest BCUT2D eigenvalue weighted by Gasteiger charge is -2.42. The number of anilines is 1. The molecule has 1 N–H and O–H groups in total. The van der Waals surface area contributed by atoms with Crippen LogP contribution in [0.1, 0.15) is 24.0 Å². The molecule has 0 atom stereocenters. The normalized spacial score (nSPS) is 20.6. The summed E-state index contributed by atoms with van der Waals surface area (Å²) in [5.41, 5.74) is 4.11. The summed E-state index contributed by atoms with van der Waals surface area (Å²) in [6, 6.07) is 17.1. The summed E-state index contributed by atoms with van der Waals surface area (Å²) in [6.07, 6.45) is 3.56. The Labute approximate surface area is 156 Å². The van der Waals surface area contributed by atoms with Gasteiger partial charge in [-0.25, -0.2) is 0 Å². The second kappa shape index (κ2) is 6.93. The predicted molar refractivity (Wildman–Crippen MR) is 108 cm³/mol. The van der Waals surface area contributed by atoms with Crippen molar-refractivity contribution in [2.45, 2.75) is 25.8 Å². The van der Waals surface area contributed by atoms with Crippen molar-refractivity contribution in [1.82, 2.24) is 0 Å². The number of nitrogens with one attached hydrogen (secondary N) is 1. The number of halogens is 1. The molecule has 2 aliphatic heterocycles. The molecule has 0 radical (unpaired) electrons. The van der Waals surface area contributed by atoms with Crippen molar-refractivity contribution < 1.29 is 0 Å². The number of rotatable bonds is 2. The molecule has 124 valence electrons. The van der Waals surface area contributed by atoms with Gasteiger partial charge in [-0.2, -0.15) is 11.8 Å². The maximum atomic E-state index is 5.05. The SMILES string of the molecule is Brc1cccc(CN=C2Nc3ccccc3CC23CCSCC3)c1. The zero-order chi connectivity index (χ0) is 16.4.